The molecule has 0 saturated heterocycles. The number of halogens is 1. The minimum absolute atomic E-state index is 0.167. The number of hydrogen-bond acceptors (Lipinski definition) is 3. The summed E-state index contributed by atoms with van der Waals surface area (Å²) >= 11 is 6.10. The van der Waals surface area contributed by atoms with Crippen molar-refractivity contribution in [1.82, 2.24) is 10.3 Å². The molecule has 0 aliphatic heterocycles. The highest BCUT2D eigenvalue weighted by Crippen LogP contribution is 2.18. The van der Waals surface area contributed by atoms with Crippen LogP contribution in [0.1, 0.15) is 37.5 Å². The molecule has 6 heteroatoms. The summed E-state index contributed by atoms with van der Waals surface area (Å²) in [5.74, 6) is -0.669. The molecule has 2 amide bonds. The van der Waals surface area contributed by atoms with E-state index in [2.05, 4.69) is 15.6 Å². The van der Waals surface area contributed by atoms with Gasteiger partial charge in [0.1, 0.15) is 5.69 Å². The van der Waals surface area contributed by atoms with Gasteiger partial charge in [0.2, 0.25) is 0 Å². The Labute approximate surface area is 168 Å². The van der Waals surface area contributed by atoms with Crippen molar-refractivity contribution >= 4 is 29.1 Å². The molecule has 1 aromatic heterocycles. The lowest BCUT2D eigenvalue weighted by molar-refractivity contribution is 0.0946. The number of nitrogens with zero attached hydrogens (tertiary/aromatic N) is 1. The summed E-state index contributed by atoms with van der Waals surface area (Å²) in [5, 5.41) is 6.23. The van der Waals surface area contributed by atoms with E-state index in [0.29, 0.717) is 10.6 Å². The summed E-state index contributed by atoms with van der Waals surface area (Å²) in [7, 11) is 0. The molecule has 5 nitrogen and oxygen atoms in total. The van der Waals surface area contributed by atoms with Gasteiger partial charge >= 0.3 is 0 Å². The fourth-order valence-electron chi connectivity index (χ4n) is 2.67. The fraction of sp³-hybridized carbons (Fsp3) is 0.136. The van der Waals surface area contributed by atoms with Crippen molar-refractivity contribution in [2.24, 2.45) is 0 Å². The van der Waals surface area contributed by atoms with Crippen molar-refractivity contribution in [3.63, 3.8) is 0 Å². The summed E-state index contributed by atoms with van der Waals surface area (Å²) < 4.78 is 0. The summed E-state index contributed by atoms with van der Waals surface area (Å²) in [6, 6.07) is 16.2. The standard InChI is InChI=1S/C22H20ClN3O2/c1-14-7-8-15(2)19(11-14)26-21(27)16-9-10-24-20(12-16)22(28)25-13-17-5-3-4-6-18(17)23/h3-12H,13H2,1-2H3,(H,25,28)(H,26,27). The predicted octanol–water partition coefficient (Wildman–Crippen LogP) is 4.53. The topological polar surface area (TPSA) is 71.1 Å². The molecule has 0 aliphatic carbocycles. The zero-order chi connectivity index (χ0) is 20.1. The second-order valence-electron chi connectivity index (χ2n) is 6.48. The summed E-state index contributed by atoms with van der Waals surface area (Å²) in [5.41, 5.74) is 4.09. The number of anilines is 1. The monoisotopic (exact) mass is 393 g/mol. The maximum Gasteiger partial charge on any atom is 0.270 e. The smallest absolute Gasteiger partial charge is 0.270 e. The third kappa shape index (κ3) is 4.75. The highest BCUT2D eigenvalue weighted by atomic mass is 35.5. The second-order valence-corrected chi connectivity index (χ2v) is 6.88. The number of carbonyl (C=O) groups is 2. The third-order valence-corrected chi connectivity index (χ3v) is 4.66. The van der Waals surface area contributed by atoms with E-state index in [0.717, 1.165) is 22.4 Å². The molecule has 142 valence electrons. The van der Waals surface area contributed by atoms with Gasteiger partial charge in [0, 0.05) is 29.0 Å². The number of pyridine rings is 1. The van der Waals surface area contributed by atoms with Gasteiger partial charge in [-0.2, -0.15) is 0 Å². The van der Waals surface area contributed by atoms with Gasteiger partial charge < -0.3 is 10.6 Å². The lowest BCUT2D eigenvalue weighted by Crippen LogP contribution is -2.24. The normalized spacial score (nSPS) is 10.4. The molecule has 0 radical (unpaired) electrons. The molecule has 1 heterocycles. The number of benzene rings is 2. The Bertz CT molecular complexity index is 1030. The van der Waals surface area contributed by atoms with Crippen LogP contribution in [0.2, 0.25) is 5.02 Å². The molecule has 2 N–H and O–H groups in total. The largest absolute Gasteiger partial charge is 0.347 e. The first-order valence-electron chi connectivity index (χ1n) is 8.80. The van der Waals surface area contributed by atoms with Crippen LogP contribution in [0.4, 0.5) is 5.69 Å². The zero-order valence-electron chi connectivity index (χ0n) is 15.6. The minimum atomic E-state index is -0.374. The molecular weight excluding hydrogens is 374 g/mol. The molecule has 3 aromatic rings. The van der Waals surface area contributed by atoms with Crippen LogP contribution in [0.3, 0.4) is 0 Å². The number of aryl methyl sites for hydroxylation is 2. The number of nitrogens with one attached hydrogen (secondary N) is 2. The van der Waals surface area contributed by atoms with E-state index in [1.54, 1.807) is 12.1 Å². The first kappa shape index (κ1) is 19.6. The van der Waals surface area contributed by atoms with E-state index in [4.69, 9.17) is 11.6 Å². The molecule has 0 bridgehead atoms. The lowest BCUT2D eigenvalue weighted by atomic mass is 10.1. The lowest BCUT2D eigenvalue weighted by Gasteiger charge is -2.10. The van der Waals surface area contributed by atoms with Gasteiger partial charge in [-0.3, -0.25) is 14.6 Å². The van der Waals surface area contributed by atoms with E-state index in [-0.39, 0.29) is 24.1 Å². The van der Waals surface area contributed by atoms with E-state index in [1.165, 1.54) is 12.3 Å². The Balaban J connectivity index is 1.70. The molecule has 0 unspecified atom stereocenters. The third-order valence-electron chi connectivity index (χ3n) is 4.29. The molecule has 3 rings (SSSR count). The second kappa shape index (κ2) is 8.67. The van der Waals surface area contributed by atoms with Gasteiger partial charge in [0.15, 0.2) is 0 Å². The molecule has 2 aromatic carbocycles. The Morgan fingerprint density at radius 1 is 1.00 bits per heavy atom. The van der Waals surface area contributed by atoms with Crippen LogP contribution in [0, 0.1) is 13.8 Å². The molecule has 0 aliphatic rings. The van der Waals surface area contributed by atoms with E-state index in [9.17, 15) is 9.59 Å². The molecule has 0 spiro atoms. The van der Waals surface area contributed by atoms with Crippen LogP contribution in [0.25, 0.3) is 0 Å². The van der Waals surface area contributed by atoms with Crippen LogP contribution >= 0.6 is 11.6 Å². The van der Waals surface area contributed by atoms with Crippen molar-refractivity contribution < 1.29 is 9.59 Å². The molecule has 0 saturated carbocycles. The SMILES string of the molecule is Cc1ccc(C)c(NC(=O)c2ccnc(C(=O)NCc3ccccc3Cl)c2)c1. The van der Waals surface area contributed by atoms with Crippen molar-refractivity contribution in [3.05, 3.63) is 93.8 Å². The van der Waals surface area contributed by atoms with Gasteiger partial charge in [-0.15, -0.1) is 0 Å². The van der Waals surface area contributed by atoms with Crippen LogP contribution in [0.5, 0.6) is 0 Å². The van der Waals surface area contributed by atoms with Gasteiger partial charge in [0.25, 0.3) is 11.8 Å². The molecule has 28 heavy (non-hydrogen) atoms. The van der Waals surface area contributed by atoms with Gasteiger partial charge in [0.05, 0.1) is 0 Å². The fourth-order valence-corrected chi connectivity index (χ4v) is 2.87. The van der Waals surface area contributed by atoms with Crippen molar-refractivity contribution in [1.29, 1.82) is 0 Å². The summed E-state index contributed by atoms with van der Waals surface area (Å²) in [4.78, 5) is 29.1. The number of rotatable bonds is 5. The van der Waals surface area contributed by atoms with Gasteiger partial charge in [-0.1, -0.05) is 41.9 Å². The van der Waals surface area contributed by atoms with Crippen LogP contribution in [-0.4, -0.2) is 16.8 Å². The average Bonchev–Trinajstić information content (AvgIpc) is 2.70. The van der Waals surface area contributed by atoms with Crippen LogP contribution < -0.4 is 10.6 Å². The molecule has 0 atom stereocenters. The summed E-state index contributed by atoms with van der Waals surface area (Å²) in [6.45, 7) is 4.16. The highest BCUT2D eigenvalue weighted by molar-refractivity contribution is 6.31. The minimum Gasteiger partial charge on any atom is -0.347 e. The average molecular weight is 394 g/mol. The maximum atomic E-state index is 12.6. The van der Waals surface area contributed by atoms with Gasteiger partial charge in [-0.05, 0) is 54.8 Å². The van der Waals surface area contributed by atoms with E-state index >= 15 is 0 Å². The number of amides is 2. The number of aromatic nitrogens is 1. The van der Waals surface area contributed by atoms with E-state index in [1.807, 2.05) is 50.2 Å². The van der Waals surface area contributed by atoms with Crippen molar-refractivity contribution in [2.75, 3.05) is 5.32 Å². The summed E-state index contributed by atoms with van der Waals surface area (Å²) in [6.07, 6.45) is 1.45. The van der Waals surface area contributed by atoms with Gasteiger partial charge in [-0.25, -0.2) is 0 Å². The number of hydrogen-bond donors (Lipinski definition) is 2. The quantitative estimate of drug-likeness (QED) is 0.668. The van der Waals surface area contributed by atoms with Crippen molar-refractivity contribution in [2.45, 2.75) is 20.4 Å². The Morgan fingerprint density at radius 3 is 2.57 bits per heavy atom. The van der Waals surface area contributed by atoms with Crippen molar-refractivity contribution in [3.8, 4) is 0 Å². The van der Waals surface area contributed by atoms with E-state index < -0.39 is 0 Å². The molecular formula is C22H20ClN3O2. The Kier molecular flexibility index (Phi) is 6.06. The highest BCUT2D eigenvalue weighted by Gasteiger charge is 2.13. The number of carbonyl (C=O) groups excluding carboxylic acids is 2. The van der Waals surface area contributed by atoms with Crippen LogP contribution in [0.15, 0.2) is 60.8 Å². The maximum absolute atomic E-state index is 12.6. The zero-order valence-corrected chi connectivity index (χ0v) is 16.4. The first-order chi connectivity index (χ1) is 13.4. The van der Waals surface area contributed by atoms with Crippen LogP contribution in [-0.2, 0) is 6.54 Å². The predicted molar refractivity (Wildman–Crippen MR) is 111 cm³/mol. The molecule has 0 fully saturated rings. The Morgan fingerprint density at radius 2 is 1.79 bits per heavy atom. The first-order valence-corrected chi connectivity index (χ1v) is 9.18. The Hall–Kier alpha value is -3.18.